The van der Waals surface area contributed by atoms with Gasteiger partial charge in [-0.1, -0.05) is 0 Å². The van der Waals surface area contributed by atoms with Gasteiger partial charge in [-0.2, -0.15) is 0 Å². The lowest BCUT2D eigenvalue weighted by molar-refractivity contribution is -0.135. The number of carbonyl (C=O) groups is 1. The first kappa shape index (κ1) is 12.8. The first-order valence-corrected chi connectivity index (χ1v) is 7.83. The second-order valence-electron chi connectivity index (χ2n) is 4.99. The number of amides is 1. The minimum absolute atomic E-state index is 0.0451. The molecule has 1 aliphatic heterocycles. The van der Waals surface area contributed by atoms with Crippen molar-refractivity contribution in [3.05, 3.63) is 0 Å². The Morgan fingerprint density at radius 1 is 1.41 bits per heavy atom. The number of carbonyl (C=O) groups excluding carboxylic acids is 1. The molecule has 0 unspecified atom stereocenters. The number of sulfonamides is 1. The summed E-state index contributed by atoms with van der Waals surface area (Å²) in [4.78, 5) is 13.4. The zero-order valence-corrected chi connectivity index (χ0v) is 11.0. The Labute approximate surface area is 103 Å². The molecule has 5 nitrogen and oxygen atoms in total. The largest absolute Gasteiger partial charge is 0.339 e. The van der Waals surface area contributed by atoms with Crippen molar-refractivity contribution in [2.75, 3.05) is 13.1 Å². The molecule has 98 valence electrons. The number of hydrogen-bond donors (Lipinski definition) is 1. The topological polar surface area (TPSA) is 66.5 Å². The first-order chi connectivity index (χ1) is 8.00. The van der Waals surface area contributed by atoms with Crippen LogP contribution in [0.15, 0.2) is 0 Å². The maximum absolute atomic E-state index is 11.7. The minimum atomic E-state index is -3.13. The van der Waals surface area contributed by atoms with Crippen LogP contribution < -0.4 is 4.72 Å². The van der Waals surface area contributed by atoms with Gasteiger partial charge in [0.15, 0.2) is 0 Å². The lowest BCUT2D eigenvalue weighted by Crippen LogP contribution is -2.47. The van der Waals surface area contributed by atoms with Gasteiger partial charge in [0.1, 0.15) is 0 Å². The van der Waals surface area contributed by atoms with Crippen molar-refractivity contribution in [3.63, 3.8) is 0 Å². The van der Waals surface area contributed by atoms with Gasteiger partial charge in [0, 0.05) is 25.6 Å². The molecule has 0 aromatic heterocycles. The molecule has 1 heterocycles. The van der Waals surface area contributed by atoms with E-state index in [0.29, 0.717) is 13.0 Å². The molecule has 2 fully saturated rings. The van der Waals surface area contributed by atoms with E-state index in [2.05, 4.69) is 4.72 Å². The van der Waals surface area contributed by atoms with Crippen molar-refractivity contribution in [3.8, 4) is 0 Å². The molecule has 6 heteroatoms. The number of piperidine rings is 1. The van der Waals surface area contributed by atoms with Crippen LogP contribution in [0.2, 0.25) is 0 Å². The zero-order chi connectivity index (χ0) is 12.5. The molecular formula is C11H20N2O3S. The van der Waals surface area contributed by atoms with Crippen LogP contribution >= 0.6 is 0 Å². The molecule has 0 bridgehead atoms. The fraction of sp³-hybridized carbons (Fsp3) is 0.909. The van der Waals surface area contributed by atoms with Gasteiger partial charge in [0.2, 0.25) is 15.9 Å². The summed E-state index contributed by atoms with van der Waals surface area (Å²) in [6.45, 7) is 2.99. The van der Waals surface area contributed by atoms with E-state index in [1.807, 2.05) is 6.92 Å². The Kier molecular flexibility index (Phi) is 3.73. The van der Waals surface area contributed by atoms with Gasteiger partial charge in [0.05, 0.1) is 5.25 Å². The van der Waals surface area contributed by atoms with Gasteiger partial charge in [0.25, 0.3) is 0 Å². The summed E-state index contributed by atoms with van der Waals surface area (Å²) >= 11 is 0. The number of hydrogen-bond acceptors (Lipinski definition) is 3. The standard InChI is InChI=1S/C11H20N2O3S/c1-9(13-7-3-2-4-11(13)14)8-12-17(15,16)10-5-6-10/h9-10,12H,2-8H2,1H3/t9-/m0/s1. The second kappa shape index (κ2) is 4.94. The minimum Gasteiger partial charge on any atom is -0.339 e. The lowest BCUT2D eigenvalue weighted by atomic mass is 10.1. The van der Waals surface area contributed by atoms with Crippen molar-refractivity contribution >= 4 is 15.9 Å². The zero-order valence-electron chi connectivity index (χ0n) is 10.2. The molecule has 0 spiro atoms. The highest BCUT2D eigenvalue weighted by molar-refractivity contribution is 7.90. The Hall–Kier alpha value is -0.620. The van der Waals surface area contributed by atoms with Crippen LogP contribution in [0.3, 0.4) is 0 Å². The van der Waals surface area contributed by atoms with E-state index >= 15 is 0 Å². The summed E-state index contributed by atoms with van der Waals surface area (Å²) in [7, 11) is -3.13. The van der Waals surface area contributed by atoms with Gasteiger partial charge in [-0.15, -0.1) is 0 Å². The third kappa shape index (κ3) is 3.19. The van der Waals surface area contributed by atoms with Crippen molar-refractivity contribution < 1.29 is 13.2 Å². The van der Waals surface area contributed by atoms with Crippen LogP contribution in [0.1, 0.15) is 39.0 Å². The van der Waals surface area contributed by atoms with Crippen LogP contribution in [0.5, 0.6) is 0 Å². The van der Waals surface area contributed by atoms with E-state index in [4.69, 9.17) is 0 Å². The van der Waals surface area contributed by atoms with E-state index in [0.717, 1.165) is 32.2 Å². The number of nitrogens with one attached hydrogen (secondary N) is 1. The Balaban J connectivity index is 1.83. The van der Waals surface area contributed by atoms with Crippen molar-refractivity contribution in [2.45, 2.75) is 50.3 Å². The van der Waals surface area contributed by atoms with Crippen LogP contribution in [0.25, 0.3) is 0 Å². The summed E-state index contributed by atoms with van der Waals surface area (Å²) in [6, 6.07) is -0.0451. The molecular weight excluding hydrogens is 240 g/mol. The van der Waals surface area contributed by atoms with Crippen molar-refractivity contribution in [2.24, 2.45) is 0 Å². The number of nitrogens with zero attached hydrogens (tertiary/aromatic N) is 1. The number of rotatable bonds is 5. The Morgan fingerprint density at radius 2 is 2.12 bits per heavy atom. The van der Waals surface area contributed by atoms with Crippen LogP contribution in [-0.2, 0) is 14.8 Å². The molecule has 1 aliphatic carbocycles. The molecule has 1 saturated heterocycles. The molecule has 1 atom stereocenters. The molecule has 0 radical (unpaired) electrons. The van der Waals surface area contributed by atoms with Crippen molar-refractivity contribution in [1.82, 2.24) is 9.62 Å². The smallest absolute Gasteiger partial charge is 0.222 e. The Morgan fingerprint density at radius 3 is 2.71 bits per heavy atom. The Bertz CT molecular complexity index is 390. The molecule has 1 amide bonds. The SMILES string of the molecule is C[C@@H](CNS(=O)(=O)C1CC1)N1CCCCC1=O. The summed E-state index contributed by atoms with van der Waals surface area (Å²) in [5, 5.41) is -0.188. The summed E-state index contributed by atoms with van der Waals surface area (Å²) in [5.74, 6) is 0.148. The fourth-order valence-electron chi connectivity index (χ4n) is 2.14. The predicted molar refractivity (Wildman–Crippen MR) is 65.0 cm³/mol. The highest BCUT2D eigenvalue weighted by atomic mass is 32.2. The van der Waals surface area contributed by atoms with Crippen LogP contribution in [0.4, 0.5) is 0 Å². The van der Waals surface area contributed by atoms with Crippen LogP contribution in [-0.4, -0.2) is 43.6 Å². The summed E-state index contributed by atoms with van der Waals surface area (Å²) in [5.41, 5.74) is 0. The van der Waals surface area contributed by atoms with Crippen LogP contribution in [0, 0.1) is 0 Å². The third-order valence-electron chi connectivity index (χ3n) is 3.44. The number of likely N-dealkylation sites (tertiary alicyclic amines) is 1. The van der Waals surface area contributed by atoms with Crippen molar-refractivity contribution in [1.29, 1.82) is 0 Å². The van der Waals surface area contributed by atoms with Gasteiger partial charge in [-0.3, -0.25) is 4.79 Å². The van der Waals surface area contributed by atoms with Gasteiger partial charge in [-0.25, -0.2) is 13.1 Å². The molecule has 2 aliphatic rings. The van der Waals surface area contributed by atoms with E-state index in [9.17, 15) is 13.2 Å². The average molecular weight is 260 g/mol. The average Bonchev–Trinajstić information content (AvgIpc) is 3.11. The van der Waals surface area contributed by atoms with E-state index in [1.54, 1.807) is 4.90 Å². The molecule has 17 heavy (non-hydrogen) atoms. The van der Waals surface area contributed by atoms with Gasteiger partial charge >= 0.3 is 0 Å². The summed E-state index contributed by atoms with van der Waals surface area (Å²) < 4.78 is 25.9. The lowest BCUT2D eigenvalue weighted by Gasteiger charge is -2.32. The molecule has 0 aromatic carbocycles. The quantitative estimate of drug-likeness (QED) is 0.781. The molecule has 2 rings (SSSR count). The van der Waals surface area contributed by atoms with E-state index in [1.165, 1.54) is 0 Å². The highest BCUT2D eigenvalue weighted by Crippen LogP contribution is 2.27. The maximum atomic E-state index is 11.7. The third-order valence-corrected chi connectivity index (χ3v) is 5.35. The maximum Gasteiger partial charge on any atom is 0.222 e. The normalized spacial score (nSPS) is 23.8. The fourth-order valence-corrected chi connectivity index (χ4v) is 3.60. The first-order valence-electron chi connectivity index (χ1n) is 6.28. The second-order valence-corrected chi connectivity index (χ2v) is 7.03. The summed E-state index contributed by atoms with van der Waals surface area (Å²) in [6.07, 6.45) is 4.11. The van der Waals surface area contributed by atoms with Gasteiger partial charge in [-0.05, 0) is 32.6 Å². The van der Waals surface area contributed by atoms with Gasteiger partial charge < -0.3 is 4.90 Å². The monoisotopic (exact) mass is 260 g/mol. The highest BCUT2D eigenvalue weighted by Gasteiger charge is 2.36. The molecule has 0 aromatic rings. The molecule has 1 N–H and O–H groups in total. The molecule has 1 saturated carbocycles. The van der Waals surface area contributed by atoms with E-state index in [-0.39, 0.29) is 17.2 Å². The predicted octanol–water partition coefficient (Wildman–Crippen LogP) is 0.469. The van der Waals surface area contributed by atoms with E-state index < -0.39 is 10.0 Å².